The van der Waals surface area contributed by atoms with E-state index in [1.54, 1.807) is 49.6 Å². The number of aliphatic hydroxyl groups is 1. The molecule has 10 nitrogen and oxygen atoms in total. The Bertz CT molecular complexity index is 1570. The number of alkyl halides is 1. The van der Waals surface area contributed by atoms with Crippen LogP contribution in [0.15, 0.2) is 48.8 Å². The van der Waals surface area contributed by atoms with Crippen molar-refractivity contribution in [2.45, 2.75) is 45.4 Å². The highest BCUT2D eigenvalue weighted by Gasteiger charge is 2.39. The van der Waals surface area contributed by atoms with Crippen LogP contribution < -0.4 is 0 Å². The summed E-state index contributed by atoms with van der Waals surface area (Å²) < 4.78 is 15.8. The van der Waals surface area contributed by atoms with Gasteiger partial charge in [-0.3, -0.25) is 24.0 Å². The lowest BCUT2D eigenvalue weighted by Crippen LogP contribution is -2.43. The number of rotatable bonds is 8. The number of hydrogen-bond acceptors (Lipinski definition) is 8. The van der Waals surface area contributed by atoms with Crippen molar-refractivity contribution in [2.24, 2.45) is 0 Å². The van der Waals surface area contributed by atoms with Crippen molar-refractivity contribution < 1.29 is 23.9 Å². The molecule has 3 aromatic heterocycles. The van der Waals surface area contributed by atoms with E-state index in [2.05, 4.69) is 20.1 Å². The van der Waals surface area contributed by atoms with Crippen LogP contribution >= 0.6 is 0 Å². The fourth-order valence-corrected chi connectivity index (χ4v) is 4.88. The Labute approximate surface area is 223 Å². The van der Waals surface area contributed by atoms with Crippen molar-refractivity contribution in [2.75, 3.05) is 13.2 Å². The number of pyridine rings is 1. The number of amides is 1. The summed E-state index contributed by atoms with van der Waals surface area (Å²) in [5.41, 5.74) is 3.28. The number of fused-ring (bicyclic) bond motifs is 1. The molecule has 200 valence electrons. The second kappa shape index (κ2) is 10.8. The molecule has 5 rings (SSSR count). The molecule has 0 radical (unpaired) electrons. The molecule has 0 aliphatic carbocycles. The smallest absolute Gasteiger partial charge is 0.245 e. The molecule has 11 heteroatoms. The normalized spacial score (nSPS) is 17.1. The third-order valence-electron chi connectivity index (χ3n) is 6.80. The Kier molecular flexibility index (Phi) is 7.25. The summed E-state index contributed by atoms with van der Waals surface area (Å²) in [5.74, 6) is -0.763. The highest BCUT2D eigenvalue weighted by Crippen LogP contribution is 2.28. The Balaban J connectivity index is 1.42. The SMILES string of the molecule is Cc1cccc(CC(=O)[C@@H]2C[C@@H](F)CN2C(=O)Cn2nc(C(=O)CO)c3cc(-c4cnc(C)nc4)ccc32)n1. The van der Waals surface area contributed by atoms with Gasteiger partial charge in [0.1, 0.15) is 30.8 Å². The fourth-order valence-electron chi connectivity index (χ4n) is 4.88. The van der Waals surface area contributed by atoms with Crippen LogP contribution in [0, 0.1) is 13.8 Å². The maximum absolute atomic E-state index is 14.5. The zero-order valence-corrected chi connectivity index (χ0v) is 21.5. The lowest BCUT2D eigenvalue weighted by Gasteiger charge is -2.23. The molecule has 1 saturated heterocycles. The first-order valence-electron chi connectivity index (χ1n) is 12.6. The van der Waals surface area contributed by atoms with Gasteiger partial charge in [0.15, 0.2) is 5.78 Å². The topological polar surface area (TPSA) is 131 Å². The summed E-state index contributed by atoms with van der Waals surface area (Å²) in [4.78, 5) is 53.0. The summed E-state index contributed by atoms with van der Waals surface area (Å²) >= 11 is 0. The number of halogens is 1. The van der Waals surface area contributed by atoms with Crippen LogP contribution in [0.25, 0.3) is 22.0 Å². The first-order valence-corrected chi connectivity index (χ1v) is 12.6. The fraction of sp³-hybridized carbons (Fsp3) is 0.321. The van der Waals surface area contributed by atoms with E-state index in [4.69, 9.17) is 0 Å². The molecule has 39 heavy (non-hydrogen) atoms. The van der Waals surface area contributed by atoms with Crippen LogP contribution in [-0.2, 0) is 22.6 Å². The molecule has 0 saturated carbocycles. The van der Waals surface area contributed by atoms with E-state index in [1.807, 2.05) is 13.0 Å². The van der Waals surface area contributed by atoms with E-state index >= 15 is 0 Å². The van der Waals surface area contributed by atoms with Crippen molar-refractivity contribution in [1.29, 1.82) is 0 Å². The number of carbonyl (C=O) groups excluding carboxylic acids is 3. The van der Waals surface area contributed by atoms with Crippen LogP contribution in [0.2, 0.25) is 0 Å². The lowest BCUT2D eigenvalue weighted by atomic mass is 10.0. The average molecular weight is 531 g/mol. The van der Waals surface area contributed by atoms with Gasteiger partial charge >= 0.3 is 0 Å². The summed E-state index contributed by atoms with van der Waals surface area (Å²) in [6, 6.07) is 9.67. The van der Waals surface area contributed by atoms with Crippen LogP contribution in [0.1, 0.15) is 34.1 Å². The van der Waals surface area contributed by atoms with Gasteiger partial charge in [-0.05, 0) is 43.7 Å². The molecule has 1 aliphatic heterocycles. The van der Waals surface area contributed by atoms with Crippen LogP contribution in [-0.4, -0.2) is 77.6 Å². The Morgan fingerprint density at radius 3 is 2.56 bits per heavy atom. The first kappa shape index (κ1) is 26.2. The maximum Gasteiger partial charge on any atom is 0.245 e. The number of likely N-dealkylation sites (tertiary alicyclic amines) is 1. The van der Waals surface area contributed by atoms with E-state index < -0.39 is 30.5 Å². The lowest BCUT2D eigenvalue weighted by molar-refractivity contribution is -0.138. The summed E-state index contributed by atoms with van der Waals surface area (Å²) in [6.45, 7) is 2.34. The van der Waals surface area contributed by atoms with Gasteiger partial charge in [0.05, 0.1) is 24.5 Å². The van der Waals surface area contributed by atoms with Gasteiger partial charge in [-0.1, -0.05) is 12.1 Å². The van der Waals surface area contributed by atoms with Crippen LogP contribution in [0.3, 0.4) is 0 Å². The standard InChI is InChI=1S/C28H27FN6O4/c1-16-4-3-5-21(32-16)10-25(37)24-9-20(29)13-34(24)27(39)14-35-23-7-6-18(19-11-30-17(2)31-12-19)8-22(23)28(33-35)26(38)15-36/h3-8,11-12,20,24,36H,9-10,13-15H2,1-2H3/t20-,24+/m1/s1. The van der Waals surface area contributed by atoms with Crippen molar-refractivity contribution >= 4 is 28.4 Å². The Hall–Kier alpha value is -4.38. The highest BCUT2D eigenvalue weighted by molar-refractivity contribution is 6.07. The Morgan fingerprint density at radius 1 is 1.08 bits per heavy atom. The number of aromatic nitrogens is 5. The number of Topliss-reactive ketones (excluding diaryl/α,β-unsaturated/α-hetero) is 2. The maximum atomic E-state index is 14.5. The quantitative estimate of drug-likeness (QED) is 0.344. The van der Waals surface area contributed by atoms with E-state index in [0.29, 0.717) is 22.4 Å². The minimum absolute atomic E-state index is 0.00576. The number of aliphatic hydroxyl groups excluding tert-OH is 1. The molecule has 1 fully saturated rings. The van der Waals surface area contributed by atoms with Gasteiger partial charge in [-0.2, -0.15) is 5.10 Å². The number of aryl methyl sites for hydroxylation is 2. The minimum Gasteiger partial charge on any atom is -0.388 e. The number of benzene rings is 1. The van der Waals surface area contributed by atoms with Crippen molar-refractivity contribution in [1.82, 2.24) is 29.6 Å². The molecule has 4 aromatic rings. The highest BCUT2D eigenvalue weighted by atomic mass is 19.1. The summed E-state index contributed by atoms with van der Waals surface area (Å²) in [7, 11) is 0. The van der Waals surface area contributed by atoms with Crippen LogP contribution in [0.5, 0.6) is 0 Å². The Morgan fingerprint density at radius 2 is 1.85 bits per heavy atom. The molecule has 1 aromatic carbocycles. The monoisotopic (exact) mass is 530 g/mol. The minimum atomic E-state index is -1.33. The first-order chi connectivity index (χ1) is 18.7. The van der Waals surface area contributed by atoms with Gasteiger partial charge in [-0.25, -0.2) is 14.4 Å². The number of nitrogens with zero attached hydrogens (tertiary/aromatic N) is 6. The molecule has 1 aliphatic rings. The zero-order valence-electron chi connectivity index (χ0n) is 21.5. The van der Waals surface area contributed by atoms with Gasteiger partial charge < -0.3 is 10.0 Å². The average Bonchev–Trinajstić information content (AvgIpc) is 3.49. The molecule has 2 atom stereocenters. The molecule has 4 heterocycles. The zero-order chi connectivity index (χ0) is 27.7. The summed E-state index contributed by atoms with van der Waals surface area (Å²) in [6.07, 6.45) is 1.92. The molecule has 1 N–H and O–H groups in total. The molecule has 0 bridgehead atoms. The number of hydrogen-bond donors (Lipinski definition) is 1. The molecular weight excluding hydrogens is 503 g/mol. The van der Waals surface area contributed by atoms with Gasteiger partial charge in [0.2, 0.25) is 11.7 Å². The van der Waals surface area contributed by atoms with E-state index in [9.17, 15) is 23.9 Å². The molecule has 0 unspecified atom stereocenters. The number of carbonyl (C=O) groups is 3. The van der Waals surface area contributed by atoms with Crippen molar-refractivity contribution in [3.8, 4) is 11.1 Å². The van der Waals surface area contributed by atoms with Crippen molar-refractivity contribution in [3.05, 3.63) is 71.7 Å². The predicted molar refractivity (Wildman–Crippen MR) is 140 cm³/mol. The molecule has 0 spiro atoms. The van der Waals surface area contributed by atoms with Crippen molar-refractivity contribution in [3.63, 3.8) is 0 Å². The predicted octanol–water partition coefficient (Wildman–Crippen LogP) is 2.43. The van der Waals surface area contributed by atoms with E-state index in [-0.39, 0.29) is 37.4 Å². The van der Waals surface area contributed by atoms with E-state index in [0.717, 1.165) is 16.8 Å². The second-order valence-corrected chi connectivity index (χ2v) is 9.65. The second-order valence-electron chi connectivity index (χ2n) is 9.65. The third kappa shape index (κ3) is 5.44. The van der Waals surface area contributed by atoms with Gasteiger partial charge in [0.25, 0.3) is 0 Å². The molecule has 1 amide bonds. The third-order valence-corrected chi connectivity index (χ3v) is 6.80. The summed E-state index contributed by atoms with van der Waals surface area (Å²) in [5, 5.41) is 14.3. The number of ketones is 2. The van der Waals surface area contributed by atoms with E-state index in [1.165, 1.54) is 9.58 Å². The molecular formula is C28H27FN6O4. The van der Waals surface area contributed by atoms with Crippen LogP contribution in [0.4, 0.5) is 4.39 Å². The van der Waals surface area contributed by atoms with Gasteiger partial charge in [-0.15, -0.1) is 0 Å². The largest absolute Gasteiger partial charge is 0.388 e. The van der Waals surface area contributed by atoms with Gasteiger partial charge in [0, 0.05) is 41.2 Å².